The lowest BCUT2D eigenvalue weighted by atomic mass is 10.1. The average Bonchev–Trinajstić information content (AvgIpc) is 2.68. The minimum atomic E-state index is 0.831. The Labute approximate surface area is 155 Å². The predicted octanol–water partition coefficient (Wildman–Crippen LogP) is 4.69. The van der Waals surface area contributed by atoms with Crippen molar-refractivity contribution in [3.63, 3.8) is 0 Å². The number of anilines is 1. The van der Waals surface area contributed by atoms with Crippen molar-refractivity contribution in [2.45, 2.75) is 13.1 Å². The quantitative estimate of drug-likeness (QED) is 0.468. The lowest BCUT2D eigenvalue weighted by Crippen LogP contribution is -2.37. The SMILES string of the molecule is SCC[n+]1ccccc1/C=C/c1ccc(NCc2ccccc2)cc1. The first-order valence-electron chi connectivity index (χ1n) is 8.50. The number of hydrogen-bond donors (Lipinski definition) is 2. The molecule has 2 nitrogen and oxygen atoms in total. The maximum atomic E-state index is 4.32. The topological polar surface area (TPSA) is 15.9 Å². The number of benzene rings is 2. The van der Waals surface area contributed by atoms with Gasteiger partial charge in [0.25, 0.3) is 0 Å². The van der Waals surface area contributed by atoms with Crippen LogP contribution in [0.2, 0.25) is 0 Å². The van der Waals surface area contributed by atoms with Crippen molar-refractivity contribution >= 4 is 30.5 Å². The summed E-state index contributed by atoms with van der Waals surface area (Å²) in [5.41, 5.74) is 4.78. The molecule has 0 radical (unpaired) electrons. The molecule has 0 saturated carbocycles. The molecule has 0 aliphatic heterocycles. The van der Waals surface area contributed by atoms with Crippen LogP contribution < -0.4 is 9.88 Å². The minimum Gasteiger partial charge on any atom is -0.381 e. The van der Waals surface area contributed by atoms with Crippen LogP contribution in [-0.4, -0.2) is 5.75 Å². The van der Waals surface area contributed by atoms with Crippen LogP contribution in [0.1, 0.15) is 16.8 Å². The minimum absolute atomic E-state index is 0.831. The second kappa shape index (κ2) is 9.09. The van der Waals surface area contributed by atoms with E-state index in [4.69, 9.17) is 0 Å². The molecule has 3 aromatic rings. The highest BCUT2D eigenvalue weighted by molar-refractivity contribution is 7.80. The second-order valence-electron chi connectivity index (χ2n) is 5.84. The molecule has 2 aromatic carbocycles. The van der Waals surface area contributed by atoms with E-state index in [0.717, 1.165) is 24.5 Å². The zero-order valence-corrected chi connectivity index (χ0v) is 15.1. The Morgan fingerprint density at radius 1 is 0.840 bits per heavy atom. The van der Waals surface area contributed by atoms with Crippen LogP contribution in [0.5, 0.6) is 0 Å². The van der Waals surface area contributed by atoms with Gasteiger partial charge in [0.2, 0.25) is 5.69 Å². The highest BCUT2D eigenvalue weighted by Gasteiger charge is 2.04. The molecule has 0 amide bonds. The zero-order chi connectivity index (χ0) is 17.3. The Hall–Kier alpha value is -2.52. The summed E-state index contributed by atoms with van der Waals surface area (Å²) in [6.07, 6.45) is 6.38. The van der Waals surface area contributed by atoms with Crippen LogP contribution in [0.3, 0.4) is 0 Å². The number of aryl methyl sites for hydroxylation is 1. The fourth-order valence-corrected chi connectivity index (χ4v) is 2.86. The summed E-state index contributed by atoms with van der Waals surface area (Å²) in [4.78, 5) is 0. The second-order valence-corrected chi connectivity index (χ2v) is 6.28. The first-order chi connectivity index (χ1) is 12.3. The van der Waals surface area contributed by atoms with E-state index >= 15 is 0 Å². The fourth-order valence-electron chi connectivity index (χ4n) is 2.65. The lowest BCUT2D eigenvalue weighted by molar-refractivity contribution is -0.694. The Balaban J connectivity index is 1.62. The summed E-state index contributed by atoms with van der Waals surface area (Å²) in [7, 11) is 0. The number of aromatic nitrogens is 1. The van der Waals surface area contributed by atoms with Gasteiger partial charge in [-0.3, -0.25) is 0 Å². The number of rotatable bonds is 7. The molecule has 25 heavy (non-hydrogen) atoms. The Morgan fingerprint density at radius 3 is 2.36 bits per heavy atom. The molecule has 126 valence electrons. The van der Waals surface area contributed by atoms with Crippen molar-refractivity contribution in [2.24, 2.45) is 0 Å². The normalized spacial score (nSPS) is 10.9. The molecule has 0 saturated heterocycles. The number of pyridine rings is 1. The molecular formula is C22H23N2S+. The van der Waals surface area contributed by atoms with E-state index in [2.05, 4.69) is 102 Å². The largest absolute Gasteiger partial charge is 0.381 e. The highest BCUT2D eigenvalue weighted by atomic mass is 32.1. The Kier molecular flexibility index (Phi) is 6.29. The molecule has 0 aliphatic carbocycles. The summed E-state index contributed by atoms with van der Waals surface area (Å²) < 4.78 is 2.21. The molecule has 0 fully saturated rings. The summed E-state index contributed by atoms with van der Waals surface area (Å²) in [5, 5.41) is 3.45. The van der Waals surface area contributed by atoms with Gasteiger partial charge in [-0.2, -0.15) is 17.2 Å². The number of hydrogen-bond acceptors (Lipinski definition) is 2. The van der Waals surface area contributed by atoms with Crippen LogP contribution >= 0.6 is 12.6 Å². The third-order valence-corrected chi connectivity index (χ3v) is 4.21. The molecule has 3 heteroatoms. The zero-order valence-electron chi connectivity index (χ0n) is 14.2. The first kappa shape index (κ1) is 17.3. The molecule has 0 aliphatic rings. The van der Waals surface area contributed by atoms with Crippen molar-refractivity contribution in [3.05, 3.63) is 95.8 Å². The molecule has 0 spiro atoms. The van der Waals surface area contributed by atoms with Crippen molar-refractivity contribution in [1.29, 1.82) is 0 Å². The maximum absolute atomic E-state index is 4.32. The summed E-state index contributed by atoms with van der Waals surface area (Å²) >= 11 is 4.32. The summed E-state index contributed by atoms with van der Waals surface area (Å²) in [6, 6.07) is 25.2. The van der Waals surface area contributed by atoms with Gasteiger partial charge in [0.1, 0.15) is 0 Å². The Bertz CT molecular complexity index is 811. The fraction of sp³-hybridized carbons (Fsp3) is 0.136. The molecule has 0 atom stereocenters. The highest BCUT2D eigenvalue weighted by Crippen LogP contribution is 2.13. The number of nitrogens with one attached hydrogen (secondary N) is 1. The third kappa shape index (κ3) is 5.23. The van der Waals surface area contributed by atoms with Gasteiger partial charge in [-0.1, -0.05) is 42.5 Å². The maximum Gasteiger partial charge on any atom is 0.205 e. The van der Waals surface area contributed by atoms with E-state index in [-0.39, 0.29) is 0 Å². The molecule has 1 aromatic heterocycles. The molecule has 3 rings (SSSR count). The number of thiol groups is 1. The van der Waals surface area contributed by atoms with Crippen LogP contribution in [0, 0.1) is 0 Å². The van der Waals surface area contributed by atoms with E-state index in [0.29, 0.717) is 0 Å². The average molecular weight is 348 g/mol. The van der Waals surface area contributed by atoms with E-state index in [1.165, 1.54) is 16.8 Å². The van der Waals surface area contributed by atoms with Gasteiger partial charge in [0, 0.05) is 36.2 Å². The van der Waals surface area contributed by atoms with Crippen LogP contribution in [0.15, 0.2) is 79.0 Å². The van der Waals surface area contributed by atoms with Gasteiger partial charge in [-0.15, -0.1) is 0 Å². The smallest absolute Gasteiger partial charge is 0.205 e. The lowest BCUT2D eigenvalue weighted by Gasteiger charge is -2.06. The van der Waals surface area contributed by atoms with Gasteiger partial charge < -0.3 is 5.32 Å². The van der Waals surface area contributed by atoms with Crippen molar-refractivity contribution in [1.82, 2.24) is 0 Å². The van der Waals surface area contributed by atoms with Crippen LogP contribution in [0.25, 0.3) is 12.2 Å². The van der Waals surface area contributed by atoms with Gasteiger partial charge in [0.15, 0.2) is 12.7 Å². The Morgan fingerprint density at radius 2 is 1.60 bits per heavy atom. The summed E-state index contributed by atoms with van der Waals surface area (Å²) in [6.45, 7) is 1.75. The summed E-state index contributed by atoms with van der Waals surface area (Å²) in [5.74, 6) is 0.831. The first-order valence-corrected chi connectivity index (χ1v) is 9.14. The third-order valence-electron chi connectivity index (χ3n) is 4.01. The van der Waals surface area contributed by atoms with E-state index in [1.54, 1.807) is 0 Å². The molecule has 0 bridgehead atoms. The van der Waals surface area contributed by atoms with Crippen LogP contribution in [0.4, 0.5) is 5.69 Å². The van der Waals surface area contributed by atoms with E-state index in [9.17, 15) is 0 Å². The van der Waals surface area contributed by atoms with Gasteiger partial charge in [0.05, 0.1) is 0 Å². The van der Waals surface area contributed by atoms with Crippen LogP contribution in [-0.2, 0) is 13.1 Å². The van der Waals surface area contributed by atoms with Crippen molar-refractivity contribution in [2.75, 3.05) is 11.1 Å². The van der Waals surface area contributed by atoms with Crippen molar-refractivity contribution < 1.29 is 4.57 Å². The van der Waals surface area contributed by atoms with Gasteiger partial charge in [-0.25, -0.2) is 0 Å². The predicted molar refractivity (Wildman–Crippen MR) is 110 cm³/mol. The van der Waals surface area contributed by atoms with E-state index in [1.807, 2.05) is 12.1 Å². The molecule has 0 unspecified atom stereocenters. The molecular weight excluding hydrogens is 324 g/mol. The standard InChI is InChI=1S/C22H22N2S/c25-17-16-24-15-5-4-8-22(24)14-11-19-9-12-21(13-10-19)23-18-20-6-2-1-3-7-20/h1-15,25H,16-18H2/p+1. The van der Waals surface area contributed by atoms with Gasteiger partial charge in [-0.05, 0) is 35.4 Å². The van der Waals surface area contributed by atoms with Crippen molar-refractivity contribution in [3.8, 4) is 0 Å². The van der Waals surface area contributed by atoms with E-state index < -0.39 is 0 Å². The van der Waals surface area contributed by atoms with Gasteiger partial charge >= 0.3 is 0 Å². The molecule has 1 N–H and O–H groups in total. The number of nitrogens with zero attached hydrogens (tertiary/aromatic N) is 1. The monoisotopic (exact) mass is 347 g/mol. The molecule has 1 heterocycles.